The maximum absolute atomic E-state index is 12.0. The Balaban J connectivity index is 2.68. The molecule has 0 bridgehead atoms. The Bertz CT molecular complexity index is 448. The van der Waals surface area contributed by atoms with Crippen molar-refractivity contribution in [3.8, 4) is 0 Å². The van der Waals surface area contributed by atoms with E-state index in [0.29, 0.717) is 0 Å². The molecule has 2 atom stereocenters. The summed E-state index contributed by atoms with van der Waals surface area (Å²) in [6.07, 6.45) is 1.09. The van der Waals surface area contributed by atoms with E-state index >= 15 is 0 Å². The molecule has 0 aromatic heterocycles. The molecule has 0 saturated heterocycles. The number of urea groups is 1. The summed E-state index contributed by atoms with van der Waals surface area (Å²) in [7, 11) is 1.67. The van der Waals surface area contributed by atoms with Gasteiger partial charge >= 0.3 is 12.0 Å². The van der Waals surface area contributed by atoms with Gasteiger partial charge in [0.15, 0.2) is 0 Å². The minimum absolute atomic E-state index is 0.0705. The average Bonchev–Trinajstić information content (AvgIpc) is 2.45. The van der Waals surface area contributed by atoms with E-state index in [2.05, 4.69) is 5.32 Å². The number of carboxylic acid groups (broad SMARTS) is 1. The Morgan fingerprint density at radius 1 is 1.30 bits per heavy atom. The second-order valence-corrected chi connectivity index (χ2v) is 4.90. The van der Waals surface area contributed by atoms with E-state index in [-0.39, 0.29) is 18.5 Å². The monoisotopic (exact) mass is 278 g/mol. The number of aliphatic carboxylic acids is 1. The summed E-state index contributed by atoms with van der Waals surface area (Å²) >= 11 is 0. The number of benzene rings is 1. The molecular formula is C15H22N2O3. The number of carbonyl (C=O) groups is 2. The third-order valence-electron chi connectivity index (χ3n) is 3.45. The molecule has 0 radical (unpaired) electrons. The minimum Gasteiger partial charge on any atom is -0.480 e. The fourth-order valence-corrected chi connectivity index (χ4v) is 1.77. The minimum atomic E-state index is -1.03. The quantitative estimate of drug-likeness (QED) is 0.837. The van der Waals surface area contributed by atoms with Crippen LogP contribution in [-0.2, 0) is 11.2 Å². The van der Waals surface area contributed by atoms with Crippen LogP contribution in [0.1, 0.15) is 25.8 Å². The van der Waals surface area contributed by atoms with Crippen molar-refractivity contribution in [2.45, 2.75) is 38.8 Å². The van der Waals surface area contributed by atoms with Crippen molar-refractivity contribution in [2.24, 2.45) is 0 Å². The number of carbonyl (C=O) groups excluding carboxylic acids is 1. The summed E-state index contributed by atoms with van der Waals surface area (Å²) in [6.45, 7) is 3.90. The summed E-state index contributed by atoms with van der Waals surface area (Å²) in [6, 6.07) is 8.05. The standard InChI is InChI=1S/C15H22N2O3/c1-4-11(2)17(3)15(20)16-13(14(18)19)10-12-8-6-5-7-9-12/h5-9,11,13H,4,10H2,1-3H3,(H,16,20)(H,18,19)/t11?,13-/m1/s1. The molecule has 1 unspecified atom stereocenters. The Morgan fingerprint density at radius 3 is 2.40 bits per heavy atom. The van der Waals surface area contributed by atoms with Crippen molar-refractivity contribution < 1.29 is 14.7 Å². The normalized spacial score (nSPS) is 13.3. The van der Waals surface area contributed by atoms with E-state index in [1.54, 1.807) is 7.05 Å². The number of carboxylic acids is 1. The van der Waals surface area contributed by atoms with E-state index in [1.165, 1.54) is 4.90 Å². The molecule has 0 aliphatic heterocycles. The third kappa shape index (κ3) is 4.57. The Kier molecular flexibility index (Phi) is 6.03. The molecule has 0 spiro atoms. The maximum atomic E-state index is 12.0. The number of amides is 2. The van der Waals surface area contributed by atoms with Crippen molar-refractivity contribution in [2.75, 3.05) is 7.05 Å². The fraction of sp³-hybridized carbons (Fsp3) is 0.467. The second-order valence-electron chi connectivity index (χ2n) is 4.90. The molecule has 110 valence electrons. The molecule has 0 aliphatic rings. The molecule has 20 heavy (non-hydrogen) atoms. The van der Waals surface area contributed by atoms with Crippen LogP contribution in [0.2, 0.25) is 0 Å². The van der Waals surface area contributed by atoms with Crippen LogP contribution in [0.25, 0.3) is 0 Å². The summed E-state index contributed by atoms with van der Waals surface area (Å²) in [5.74, 6) is -1.03. The zero-order chi connectivity index (χ0) is 15.1. The Morgan fingerprint density at radius 2 is 1.90 bits per heavy atom. The van der Waals surface area contributed by atoms with Crippen molar-refractivity contribution in [1.82, 2.24) is 10.2 Å². The zero-order valence-electron chi connectivity index (χ0n) is 12.2. The van der Waals surface area contributed by atoms with Gasteiger partial charge < -0.3 is 15.3 Å². The van der Waals surface area contributed by atoms with Gasteiger partial charge in [-0.1, -0.05) is 37.3 Å². The molecule has 5 nitrogen and oxygen atoms in total. The molecule has 1 aromatic carbocycles. The molecule has 5 heteroatoms. The number of hydrogen-bond donors (Lipinski definition) is 2. The van der Waals surface area contributed by atoms with Crippen LogP contribution in [0, 0.1) is 0 Å². The maximum Gasteiger partial charge on any atom is 0.326 e. The van der Waals surface area contributed by atoms with Crippen molar-refractivity contribution in [3.05, 3.63) is 35.9 Å². The largest absolute Gasteiger partial charge is 0.480 e. The first-order valence-corrected chi connectivity index (χ1v) is 6.75. The van der Waals surface area contributed by atoms with Crippen LogP contribution in [0.5, 0.6) is 0 Å². The second kappa shape index (κ2) is 7.53. The van der Waals surface area contributed by atoms with Gasteiger partial charge in [0, 0.05) is 19.5 Å². The van der Waals surface area contributed by atoms with E-state index in [9.17, 15) is 14.7 Å². The smallest absolute Gasteiger partial charge is 0.326 e. The Labute approximate surface area is 119 Å². The lowest BCUT2D eigenvalue weighted by molar-refractivity contribution is -0.139. The first kappa shape index (κ1) is 16.0. The highest BCUT2D eigenvalue weighted by Crippen LogP contribution is 2.05. The van der Waals surface area contributed by atoms with Crippen LogP contribution >= 0.6 is 0 Å². The van der Waals surface area contributed by atoms with Crippen LogP contribution in [0.3, 0.4) is 0 Å². The molecular weight excluding hydrogens is 256 g/mol. The molecule has 2 N–H and O–H groups in total. The predicted octanol–water partition coefficient (Wildman–Crippen LogP) is 2.12. The van der Waals surface area contributed by atoms with Gasteiger partial charge in [-0.15, -0.1) is 0 Å². The van der Waals surface area contributed by atoms with Crippen molar-refractivity contribution >= 4 is 12.0 Å². The van der Waals surface area contributed by atoms with Crippen LogP contribution in [-0.4, -0.2) is 41.1 Å². The molecule has 0 aliphatic carbocycles. The predicted molar refractivity (Wildman–Crippen MR) is 77.6 cm³/mol. The Hall–Kier alpha value is -2.04. The summed E-state index contributed by atoms with van der Waals surface area (Å²) < 4.78 is 0. The van der Waals surface area contributed by atoms with Gasteiger partial charge in [-0.2, -0.15) is 0 Å². The molecule has 0 saturated carbocycles. The first-order chi connectivity index (χ1) is 9.45. The van der Waals surface area contributed by atoms with E-state index in [0.717, 1.165) is 12.0 Å². The SMILES string of the molecule is CCC(C)N(C)C(=O)N[C@H](Cc1ccccc1)C(=O)O. The first-order valence-electron chi connectivity index (χ1n) is 6.75. The van der Waals surface area contributed by atoms with Gasteiger partial charge in [0.1, 0.15) is 6.04 Å². The summed E-state index contributed by atoms with van der Waals surface area (Å²) in [5.41, 5.74) is 0.881. The highest BCUT2D eigenvalue weighted by molar-refractivity contribution is 5.82. The summed E-state index contributed by atoms with van der Waals surface area (Å²) in [5, 5.41) is 11.8. The number of rotatable bonds is 6. The molecule has 0 heterocycles. The lowest BCUT2D eigenvalue weighted by Crippen LogP contribution is -2.49. The number of nitrogens with one attached hydrogen (secondary N) is 1. The van der Waals surface area contributed by atoms with Crippen LogP contribution in [0.15, 0.2) is 30.3 Å². The highest BCUT2D eigenvalue weighted by atomic mass is 16.4. The lowest BCUT2D eigenvalue weighted by atomic mass is 10.1. The average molecular weight is 278 g/mol. The van der Waals surface area contributed by atoms with Gasteiger partial charge in [-0.3, -0.25) is 0 Å². The van der Waals surface area contributed by atoms with E-state index in [4.69, 9.17) is 0 Å². The van der Waals surface area contributed by atoms with Gasteiger partial charge in [0.25, 0.3) is 0 Å². The topological polar surface area (TPSA) is 69.6 Å². The molecule has 2 amide bonds. The molecule has 1 rings (SSSR count). The molecule has 0 fully saturated rings. The van der Waals surface area contributed by atoms with Gasteiger partial charge in [-0.05, 0) is 18.9 Å². The van der Waals surface area contributed by atoms with Gasteiger partial charge in [-0.25, -0.2) is 9.59 Å². The van der Waals surface area contributed by atoms with Crippen LogP contribution in [0.4, 0.5) is 4.79 Å². The summed E-state index contributed by atoms with van der Waals surface area (Å²) in [4.78, 5) is 24.8. The number of nitrogens with zero attached hydrogens (tertiary/aromatic N) is 1. The molecule has 1 aromatic rings. The van der Waals surface area contributed by atoms with Crippen molar-refractivity contribution in [3.63, 3.8) is 0 Å². The van der Waals surface area contributed by atoms with E-state index in [1.807, 2.05) is 44.2 Å². The van der Waals surface area contributed by atoms with Gasteiger partial charge in [0.2, 0.25) is 0 Å². The van der Waals surface area contributed by atoms with Crippen molar-refractivity contribution in [1.29, 1.82) is 0 Å². The third-order valence-corrected chi connectivity index (χ3v) is 3.45. The van der Waals surface area contributed by atoms with Crippen LogP contribution < -0.4 is 5.32 Å². The van der Waals surface area contributed by atoms with E-state index < -0.39 is 12.0 Å². The highest BCUT2D eigenvalue weighted by Gasteiger charge is 2.23. The fourth-order valence-electron chi connectivity index (χ4n) is 1.77. The van der Waals surface area contributed by atoms with Gasteiger partial charge in [0.05, 0.1) is 0 Å². The lowest BCUT2D eigenvalue weighted by Gasteiger charge is -2.26. The zero-order valence-corrected chi connectivity index (χ0v) is 12.2. The number of hydrogen-bond acceptors (Lipinski definition) is 2.